The maximum Gasteiger partial charge on any atom is 0.354 e. The minimum Gasteiger partial charge on any atom is -0.477 e. The molecule has 0 saturated carbocycles. The number of hydrogen-bond acceptors (Lipinski definition) is 4. The fourth-order valence-electron chi connectivity index (χ4n) is 2.18. The largest absolute Gasteiger partial charge is 0.477 e. The first-order valence-electron chi connectivity index (χ1n) is 6.18. The van der Waals surface area contributed by atoms with Crippen LogP contribution in [-0.2, 0) is 6.54 Å². The van der Waals surface area contributed by atoms with Gasteiger partial charge in [0.2, 0.25) is 0 Å². The maximum absolute atomic E-state index is 10.9. The van der Waals surface area contributed by atoms with E-state index in [-0.39, 0.29) is 5.69 Å². The van der Waals surface area contributed by atoms with E-state index < -0.39 is 5.97 Å². The van der Waals surface area contributed by atoms with Gasteiger partial charge in [0, 0.05) is 32.2 Å². The van der Waals surface area contributed by atoms with Gasteiger partial charge in [-0.25, -0.2) is 9.78 Å². The number of aromatic carboxylic acids is 1. The zero-order valence-corrected chi connectivity index (χ0v) is 10.8. The van der Waals surface area contributed by atoms with Crippen molar-refractivity contribution in [2.24, 2.45) is 0 Å². The van der Waals surface area contributed by atoms with Crippen LogP contribution in [0.15, 0.2) is 18.2 Å². The van der Waals surface area contributed by atoms with Crippen molar-refractivity contribution in [1.82, 2.24) is 14.8 Å². The second kappa shape index (κ2) is 5.46. The van der Waals surface area contributed by atoms with Gasteiger partial charge in [-0.15, -0.1) is 0 Å². The predicted octanol–water partition coefficient (Wildman–Crippen LogP) is 0.916. The van der Waals surface area contributed by atoms with Gasteiger partial charge in [0.1, 0.15) is 5.69 Å². The van der Waals surface area contributed by atoms with Crippen molar-refractivity contribution in [3.05, 3.63) is 29.6 Å². The van der Waals surface area contributed by atoms with Gasteiger partial charge in [-0.2, -0.15) is 0 Å². The third-order valence-electron chi connectivity index (χ3n) is 3.46. The Labute approximate surface area is 107 Å². The molecule has 1 fully saturated rings. The van der Waals surface area contributed by atoms with Gasteiger partial charge in [-0.3, -0.25) is 4.90 Å². The number of rotatable bonds is 3. The molecule has 0 aromatic carbocycles. The summed E-state index contributed by atoms with van der Waals surface area (Å²) >= 11 is 0. The monoisotopic (exact) mass is 249 g/mol. The number of pyridine rings is 1. The fourth-order valence-corrected chi connectivity index (χ4v) is 2.18. The first kappa shape index (κ1) is 13.0. The van der Waals surface area contributed by atoms with E-state index in [4.69, 9.17) is 5.11 Å². The molecule has 1 aliphatic rings. The highest BCUT2D eigenvalue weighted by molar-refractivity contribution is 5.85. The number of likely N-dealkylation sites (N-methyl/N-ethyl adjacent to an activating group) is 1. The second-order valence-electron chi connectivity index (χ2n) is 4.88. The van der Waals surface area contributed by atoms with Crippen LogP contribution in [-0.4, -0.2) is 58.6 Å². The van der Waals surface area contributed by atoms with Crippen LogP contribution in [0.2, 0.25) is 0 Å². The lowest BCUT2D eigenvalue weighted by molar-refractivity contribution is 0.0689. The molecule has 5 heteroatoms. The van der Waals surface area contributed by atoms with Crippen LogP contribution in [0.5, 0.6) is 0 Å². The van der Waals surface area contributed by atoms with Crippen molar-refractivity contribution in [2.45, 2.75) is 19.5 Å². The highest BCUT2D eigenvalue weighted by atomic mass is 16.4. The Morgan fingerprint density at radius 2 is 2.28 bits per heavy atom. The van der Waals surface area contributed by atoms with E-state index in [0.29, 0.717) is 6.04 Å². The summed E-state index contributed by atoms with van der Waals surface area (Å²) in [6.07, 6.45) is 0. The first-order valence-corrected chi connectivity index (χ1v) is 6.18. The summed E-state index contributed by atoms with van der Waals surface area (Å²) in [5.74, 6) is -0.969. The molecule has 0 amide bonds. The molecule has 18 heavy (non-hydrogen) atoms. The van der Waals surface area contributed by atoms with Crippen molar-refractivity contribution in [2.75, 3.05) is 26.7 Å². The Bertz CT molecular complexity index is 436. The van der Waals surface area contributed by atoms with Crippen molar-refractivity contribution in [3.8, 4) is 0 Å². The molecule has 0 bridgehead atoms. The Hall–Kier alpha value is -1.46. The van der Waals surface area contributed by atoms with Crippen molar-refractivity contribution in [1.29, 1.82) is 0 Å². The highest BCUT2D eigenvalue weighted by Crippen LogP contribution is 2.10. The number of piperazine rings is 1. The number of carboxylic acid groups (broad SMARTS) is 1. The number of carbonyl (C=O) groups is 1. The SMILES string of the molecule is C[C@H]1CN(Cc2cccc(C(=O)O)n2)CCN1C. The predicted molar refractivity (Wildman–Crippen MR) is 68.6 cm³/mol. The van der Waals surface area contributed by atoms with Gasteiger partial charge in [0.25, 0.3) is 0 Å². The van der Waals surface area contributed by atoms with E-state index in [0.717, 1.165) is 31.9 Å². The van der Waals surface area contributed by atoms with E-state index in [1.807, 2.05) is 6.07 Å². The lowest BCUT2D eigenvalue weighted by Crippen LogP contribution is -2.49. The Morgan fingerprint density at radius 1 is 1.50 bits per heavy atom. The molecular weight excluding hydrogens is 230 g/mol. The third kappa shape index (κ3) is 3.05. The van der Waals surface area contributed by atoms with Gasteiger partial charge < -0.3 is 10.0 Å². The lowest BCUT2D eigenvalue weighted by atomic mass is 10.2. The number of aromatic nitrogens is 1. The van der Waals surface area contributed by atoms with Gasteiger partial charge in [-0.05, 0) is 26.1 Å². The number of nitrogens with zero attached hydrogens (tertiary/aromatic N) is 3. The minimum absolute atomic E-state index is 0.120. The highest BCUT2D eigenvalue weighted by Gasteiger charge is 2.20. The molecule has 1 atom stereocenters. The molecule has 1 saturated heterocycles. The van der Waals surface area contributed by atoms with Crippen LogP contribution >= 0.6 is 0 Å². The summed E-state index contributed by atoms with van der Waals surface area (Å²) in [5.41, 5.74) is 0.946. The summed E-state index contributed by atoms with van der Waals surface area (Å²) in [6.45, 7) is 5.96. The lowest BCUT2D eigenvalue weighted by Gasteiger charge is -2.37. The summed E-state index contributed by atoms with van der Waals surface area (Å²) < 4.78 is 0. The van der Waals surface area contributed by atoms with E-state index in [1.54, 1.807) is 6.07 Å². The molecule has 1 aliphatic heterocycles. The summed E-state index contributed by atoms with van der Waals surface area (Å²) in [5, 5.41) is 8.91. The quantitative estimate of drug-likeness (QED) is 0.863. The average molecular weight is 249 g/mol. The van der Waals surface area contributed by atoms with Gasteiger partial charge in [0.15, 0.2) is 0 Å². The molecule has 2 rings (SSSR count). The Balaban J connectivity index is 2.01. The van der Waals surface area contributed by atoms with Gasteiger partial charge in [-0.1, -0.05) is 6.07 Å². The van der Waals surface area contributed by atoms with E-state index in [1.165, 1.54) is 6.07 Å². The number of hydrogen-bond donors (Lipinski definition) is 1. The molecule has 98 valence electrons. The molecule has 0 aliphatic carbocycles. The van der Waals surface area contributed by atoms with Crippen LogP contribution in [0.1, 0.15) is 23.1 Å². The number of carboxylic acids is 1. The van der Waals surface area contributed by atoms with Gasteiger partial charge in [0.05, 0.1) is 5.69 Å². The summed E-state index contributed by atoms with van der Waals surface area (Å²) in [4.78, 5) is 19.7. The molecule has 1 aromatic heterocycles. The zero-order valence-electron chi connectivity index (χ0n) is 10.8. The van der Waals surface area contributed by atoms with Crippen molar-refractivity contribution in [3.63, 3.8) is 0 Å². The molecule has 0 radical (unpaired) electrons. The standard InChI is InChI=1S/C13H19N3O2/c1-10-8-16(7-6-15(10)2)9-11-4-3-5-12(14-11)13(17)18/h3-5,10H,6-9H2,1-2H3,(H,17,18)/t10-/m0/s1. The molecule has 5 nitrogen and oxygen atoms in total. The Kier molecular flexibility index (Phi) is 3.93. The molecule has 1 aromatic rings. The van der Waals surface area contributed by atoms with Crippen LogP contribution in [0.4, 0.5) is 0 Å². The first-order chi connectivity index (χ1) is 8.56. The topological polar surface area (TPSA) is 56.7 Å². The van der Waals surface area contributed by atoms with Crippen molar-refractivity contribution < 1.29 is 9.90 Å². The van der Waals surface area contributed by atoms with Crippen LogP contribution in [0.3, 0.4) is 0 Å². The summed E-state index contributed by atoms with van der Waals surface area (Å²) in [7, 11) is 2.13. The van der Waals surface area contributed by atoms with Crippen LogP contribution in [0.25, 0.3) is 0 Å². The van der Waals surface area contributed by atoms with Gasteiger partial charge >= 0.3 is 5.97 Å². The normalized spacial score (nSPS) is 22.0. The summed E-state index contributed by atoms with van der Waals surface area (Å²) in [6, 6.07) is 5.69. The average Bonchev–Trinajstić information content (AvgIpc) is 2.34. The smallest absolute Gasteiger partial charge is 0.354 e. The van der Waals surface area contributed by atoms with E-state index in [9.17, 15) is 4.79 Å². The Morgan fingerprint density at radius 3 is 2.94 bits per heavy atom. The fraction of sp³-hybridized carbons (Fsp3) is 0.538. The maximum atomic E-state index is 10.9. The van der Waals surface area contributed by atoms with E-state index >= 15 is 0 Å². The molecule has 0 unspecified atom stereocenters. The van der Waals surface area contributed by atoms with Crippen LogP contribution in [0, 0.1) is 0 Å². The third-order valence-corrected chi connectivity index (χ3v) is 3.46. The zero-order chi connectivity index (χ0) is 13.1. The molecular formula is C13H19N3O2. The van der Waals surface area contributed by atoms with Crippen LogP contribution < -0.4 is 0 Å². The second-order valence-corrected chi connectivity index (χ2v) is 4.88. The minimum atomic E-state index is -0.969. The van der Waals surface area contributed by atoms with Crippen molar-refractivity contribution >= 4 is 5.97 Å². The molecule has 0 spiro atoms. The molecule has 1 N–H and O–H groups in total. The molecule has 2 heterocycles. The van der Waals surface area contributed by atoms with E-state index in [2.05, 4.69) is 28.8 Å².